The van der Waals surface area contributed by atoms with E-state index in [2.05, 4.69) is 20.8 Å². The number of carbonyl (C=O) groups excluding carboxylic acids is 2. The molecule has 0 radical (unpaired) electrons. The lowest BCUT2D eigenvalue weighted by atomic mass is 10.1. The van der Waals surface area contributed by atoms with Gasteiger partial charge in [-0.05, 0) is 31.2 Å². The van der Waals surface area contributed by atoms with Crippen LogP contribution in [-0.4, -0.2) is 32.3 Å². The number of aromatic nitrogens is 3. The Hall–Kier alpha value is -3.13. The molecule has 144 valence electrons. The Bertz CT molecular complexity index is 972. The van der Waals surface area contributed by atoms with Crippen LogP contribution in [0.3, 0.4) is 0 Å². The average Bonchev–Trinajstić information content (AvgIpc) is 3.05. The number of nitrogens with zero attached hydrogens (tertiary/aromatic N) is 3. The molecule has 2 aromatic carbocycles. The van der Waals surface area contributed by atoms with E-state index < -0.39 is 0 Å². The summed E-state index contributed by atoms with van der Waals surface area (Å²) < 4.78 is 1.77. The third kappa shape index (κ3) is 5.20. The van der Waals surface area contributed by atoms with E-state index >= 15 is 0 Å². The van der Waals surface area contributed by atoms with Crippen LogP contribution in [0.4, 0.5) is 5.69 Å². The van der Waals surface area contributed by atoms with Gasteiger partial charge in [0.2, 0.25) is 5.91 Å². The summed E-state index contributed by atoms with van der Waals surface area (Å²) in [5.74, 6) is 0.555. The number of carbonyl (C=O) groups is 2. The fraction of sp³-hybridized carbons (Fsp3) is 0.200. The van der Waals surface area contributed by atoms with Gasteiger partial charge >= 0.3 is 0 Å². The van der Waals surface area contributed by atoms with Crippen molar-refractivity contribution in [1.82, 2.24) is 20.1 Å². The molecular weight excluding hydrogens is 374 g/mol. The van der Waals surface area contributed by atoms with Gasteiger partial charge in [-0.25, -0.2) is 0 Å². The molecular formula is C20H21N5O2S. The maximum Gasteiger partial charge on any atom is 0.251 e. The zero-order valence-corrected chi connectivity index (χ0v) is 16.5. The molecule has 0 bridgehead atoms. The molecule has 3 aromatic rings. The van der Waals surface area contributed by atoms with Crippen molar-refractivity contribution in [1.29, 1.82) is 0 Å². The molecule has 0 unspecified atom stereocenters. The minimum Gasteiger partial charge on any atom is -0.345 e. The van der Waals surface area contributed by atoms with Crippen LogP contribution in [-0.2, 0) is 18.4 Å². The average molecular weight is 395 g/mol. The summed E-state index contributed by atoms with van der Waals surface area (Å²) in [6.07, 6.45) is 0. The van der Waals surface area contributed by atoms with E-state index in [0.29, 0.717) is 16.5 Å². The lowest BCUT2D eigenvalue weighted by Crippen LogP contribution is -2.24. The number of hydrogen-bond acceptors (Lipinski definition) is 5. The molecule has 1 aromatic heterocycles. The summed E-state index contributed by atoms with van der Waals surface area (Å²) in [6, 6.07) is 16.7. The number of nitrogens with one attached hydrogen (secondary N) is 2. The Morgan fingerprint density at radius 2 is 1.86 bits per heavy atom. The van der Waals surface area contributed by atoms with Crippen LogP contribution in [0.1, 0.15) is 21.7 Å². The third-order valence-electron chi connectivity index (χ3n) is 4.00. The zero-order chi connectivity index (χ0) is 19.9. The molecule has 2 amide bonds. The second kappa shape index (κ2) is 9.18. The predicted octanol–water partition coefficient (Wildman–Crippen LogP) is 2.78. The van der Waals surface area contributed by atoms with Gasteiger partial charge in [0.05, 0.1) is 12.3 Å². The summed E-state index contributed by atoms with van der Waals surface area (Å²) in [5.41, 5.74) is 2.39. The van der Waals surface area contributed by atoms with Crippen molar-refractivity contribution in [3.8, 4) is 0 Å². The number of anilines is 1. The first kappa shape index (κ1) is 19.6. The summed E-state index contributed by atoms with van der Waals surface area (Å²) in [4.78, 5) is 24.3. The van der Waals surface area contributed by atoms with E-state index in [0.717, 1.165) is 11.3 Å². The van der Waals surface area contributed by atoms with Crippen LogP contribution in [0.5, 0.6) is 0 Å². The number of amides is 2. The van der Waals surface area contributed by atoms with Crippen LogP contribution in [0.15, 0.2) is 59.8 Å². The second-order valence-corrected chi connectivity index (χ2v) is 7.16. The Kier molecular flexibility index (Phi) is 6.44. The highest BCUT2D eigenvalue weighted by atomic mass is 32.2. The molecule has 0 saturated heterocycles. The fourth-order valence-corrected chi connectivity index (χ4v) is 3.25. The number of aryl methyl sites for hydroxylation is 1. The molecule has 3 rings (SSSR count). The van der Waals surface area contributed by atoms with Crippen LogP contribution >= 0.6 is 11.8 Å². The summed E-state index contributed by atoms with van der Waals surface area (Å²) in [5, 5.41) is 14.5. The van der Waals surface area contributed by atoms with Crippen LogP contribution < -0.4 is 10.6 Å². The molecule has 0 spiro atoms. The molecule has 0 aliphatic carbocycles. The van der Waals surface area contributed by atoms with Crippen molar-refractivity contribution in [3.05, 3.63) is 71.5 Å². The van der Waals surface area contributed by atoms with Crippen molar-refractivity contribution < 1.29 is 9.59 Å². The highest BCUT2D eigenvalue weighted by Gasteiger charge is 2.13. The Labute approximate surface area is 167 Å². The van der Waals surface area contributed by atoms with Crippen LogP contribution in [0.2, 0.25) is 0 Å². The number of thioether (sulfide) groups is 1. The smallest absolute Gasteiger partial charge is 0.251 e. The molecule has 0 aliphatic heterocycles. The highest BCUT2D eigenvalue weighted by Crippen LogP contribution is 2.16. The van der Waals surface area contributed by atoms with E-state index in [4.69, 9.17) is 0 Å². The largest absolute Gasteiger partial charge is 0.345 e. The van der Waals surface area contributed by atoms with Gasteiger partial charge in [-0.15, -0.1) is 10.2 Å². The van der Waals surface area contributed by atoms with Crippen molar-refractivity contribution in [3.63, 3.8) is 0 Å². The SMILES string of the molecule is Cc1cccc(C(=O)NCc2nnc(SCC(=O)Nc3ccccc3)n2C)c1. The van der Waals surface area contributed by atoms with Gasteiger partial charge < -0.3 is 15.2 Å². The summed E-state index contributed by atoms with van der Waals surface area (Å²) >= 11 is 1.29. The lowest BCUT2D eigenvalue weighted by molar-refractivity contribution is -0.113. The maximum absolute atomic E-state index is 12.3. The van der Waals surface area contributed by atoms with Crippen molar-refractivity contribution >= 4 is 29.3 Å². The van der Waals surface area contributed by atoms with Gasteiger partial charge in [-0.3, -0.25) is 9.59 Å². The molecule has 0 fully saturated rings. The molecule has 7 nitrogen and oxygen atoms in total. The van der Waals surface area contributed by atoms with Crippen LogP contribution in [0, 0.1) is 6.92 Å². The molecule has 28 heavy (non-hydrogen) atoms. The van der Waals surface area contributed by atoms with E-state index in [1.807, 2.05) is 62.5 Å². The normalized spacial score (nSPS) is 10.5. The Balaban J connectivity index is 1.52. The van der Waals surface area contributed by atoms with Gasteiger partial charge in [-0.2, -0.15) is 0 Å². The number of para-hydroxylation sites is 1. The van der Waals surface area contributed by atoms with Crippen molar-refractivity contribution in [2.24, 2.45) is 7.05 Å². The maximum atomic E-state index is 12.3. The van der Waals surface area contributed by atoms with Gasteiger partial charge in [0, 0.05) is 18.3 Å². The molecule has 0 atom stereocenters. The standard InChI is InChI=1S/C20H21N5O2S/c1-14-7-6-8-15(11-14)19(27)21-12-17-23-24-20(25(17)2)28-13-18(26)22-16-9-4-3-5-10-16/h3-11H,12-13H2,1-2H3,(H,21,27)(H,22,26). The number of hydrogen-bond donors (Lipinski definition) is 2. The minimum absolute atomic E-state index is 0.117. The second-order valence-electron chi connectivity index (χ2n) is 6.21. The van der Waals surface area contributed by atoms with E-state index in [-0.39, 0.29) is 24.1 Å². The van der Waals surface area contributed by atoms with E-state index in [1.165, 1.54) is 11.8 Å². The molecule has 0 saturated carbocycles. The van der Waals surface area contributed by atoms with E-state index in [1.54, 1.807) is 10.6 Å². The molecule has 8 heteroatoms. The zero-order valence-electron chi connectivity index (χ0n) is 15.7. The highest BCUT2D eigenvalue weighted by molar-refractivity contribution is 7.99. The first-order chi connectivity index (χ1) is 13.5. The topological polar surface area (TPSA) is 88.9 Å². The molecule has 1 heterocycles. The Morgan fingerprint density at radius 3 is 2.61 bits per heavy atom. The van der Waals surface area contributed by atoms with Gasteiger partial charge in [0.15, 0.2) is 11.0 Å². The Morgan fingerprint density at radius 1 is 1.07 bits per heavy atom. The first-order valence-electron chi connectivity index (χ1n) is 8.74. The summed E-state index contributed by atoms with van der Waals surface area (Å²) in [6.45, 7) is 2.20. The third-order valence-corrected chi connectivity index (χ3v) is 5.02. The monoisotopic (exact) mass is 395 g/mol. The first-order valence-corrected chi connectivity index (χ1v) is 9.72. The minimum atomic E-state index is -0.164. The van der Waals surface area contributed by atoms with Gasteiger partial charge in [0.25, 0.3) is 5.91 Å². The van der Waals surface area contributed by atoms with Gasteiger partial charge in [0.1, 0.15) is 0 Å². The summed E-state index contributed by atoms with van der Waals surface area (Å²) in [7, 11) is 1.81. The van der Waals surface area contributed by atoms with Crippen LogP contribution in [0.25, 0.3) is 0 Å². The van der Waals surface area contributed by atoms with Crippen molar-refractivity contribution in [2.45, 2.75) is 18.6 Å². The fourth-order valence-electron chi connectivity index (χ4n) is 2.52. The van der Waals surface area contributed by atoms with Gasteiger partial charge in [-0.1, -0.05) is 47.7 Å². The quantitative estimate of drug-likeness (QED) is 0.601. The molecule has 0 aliphatic rings. The van der Waals surface area contributed by atoms with Crippen molar-refractivity contribution in [2.75, 3.05) is 11.1 Å². The number of benzene rings is 2. The predicted molar refractivity (Wildman–Crippen MR) is 109 cm³/mol. The number of rotatable bonds is 7. The van der Waals surface area contributed by atoms with E-state index in [9.17, 15) is 9.59 Å². The lowest BCUT2D eigenvalue weighted by Gasteiger charge is -2.07. The molecule has 2 N–H and O–H groups in total.